The smallest absolute Gasteiger partial charge is 0.151 e. The van der Waals surface area contributed by atoms with E-state index in [-0.39, 0.29) is 11.9 Å². The molecule has 2 heterocycles. The van der Waals surface area contributed by atoms with E-state index >= 15 is 0 Å². The Balaban J connectivity index is 2.01. The van der Waals surface area contributed by atoms with Crippen molar-refractivity contribution in [3.8, 4) is 0 Å². The number of imidazole rings is 1. The number of rotatable bonds is 1. The first-order chi connectivity index (χ1) is 7.84. The molecule has 0 amide bonds. The third-order valence-electron chi connectivity index (χ3n) is 2.71. The normalized spacial score (nSPS) is 21.4. The zero-order valence-electron chi connectivity index (χ0n) is 8.66. The molecule has 16 heavy (non-hydrogen) atoms. The predicted molar refractivity (Wildman–Crippen MR) is 57.6 cm³/mol. The summed E-state index contributed by atoms with van der Waals surface area (Å²) in [6.07, 6.45) is -0.111. The largest absolute Gasteiger partial charge is 0.368 e. The fourth-order valence-electron chi connectivity index (χ4n) is 1.91. The molecule has 3 rings (SSSR count). The molecule has 1 aromatic carbocycles. The van der Waals surface area contributed by atoms with Crippen LogP contribution in [0.25, 0.3) is 11.0 Å². The lowest BCUT2D eigenvalue weighted by atomic mass is 10.3. The molecular formula is C11H12FN3O. The second-order valence-corrected chi connectivity index (χ2v) is 3.82. The monoisotopic (exact) mass is 221 g/mol. The van der Waals surface area contributed by atoms with Crippen LogP contribution in [0.15, 0.2) is 18.2 Å². The Kier molecular flexibility index (Phi) is 2.34. The molecule has 0 spiro atoms. The molecule has 1 atom stereocenters. The van der Waals surface area contributed by atoms with Gasteiger partial charge in [0.05, 0.1) is 12.1 Å². The van der Waals surface area contributed by atoms with Crippen LogP contribution in [0.3, 0.4) is 0 Å². The molecular weight excluding hydrogens is 209 g/mol. The molecule has 1 unspecified atom stereocenters. The van der Waals surface area contributed by atoms with Crippen LogP contribution in [0.2, 0.25) is 0 Å². The van der Waals surface area contributed by atoms with E-state index in [0.29, 0.717) is 30.0 Å². The Morgan fingerprint density at radius 1 is 1.44 bits per heavy atom. The van der Waals surface area contributed by atoms with Crippen LogP contribution in [0, 0.1) is 5.82 Å². The highest BCUT2D eigenvalue weighted by Crippen LogP contribution is 2.21. The van der Waals surface area contributed by atoms with Crippen LogP contribution in [0.1, 0.15) is 11.9 Å². The van der Waals surface area contributed by atoms with Gasteiger partial charge in [-0.1, -0.05) is 6.07 Å². The van der Waals surface area contributed by atoms with Crippen molar-refractivity contribution < 1.29 is 9.13 Å². The maximum absolute atomic E-state index is 13.4. The molecule has 0 aliphatic carbocycles. The first-order valence-corrected chi connectivity index (χ1v) is 5.31. The number of aromatic nitrogens is 2. The molecule has 1 saturated heterocycles. The number of halogens is 1. The number of hydrogen-bond acceptors (Lipinski definition) is 3. The van der Waals surface area contributed by atoms with Crippen molar-refractivity contribution in [1.82, 2.24) is 15.3 Å². The summed E-state index contributed by atoms with van der Waals surface area (Å²) in [6, 6.07) is 4.89. The van der Waals surface area contributed by atoms with E-state index in [9.17, 15) is 4.39 Å². The van der Waals surface area contributed by atoms with Crippen molar-refractivity contribution >= 4 is 11.0 Å². The first-order valence-electron chi connectivity index (χ1n) is 5.31. The minimum atomic E-state index is -0.302. The van der Waals surface area contributed by atoms with E-state index in [2.05, 4.69) is 15.3 Å². The number of nitrogens with zero attached hydrogens (tertiary/aromatic N) is 1. The van der Waals surface area contributed by atoms with Crippen molar-refractivity contribution in [3.63, 3.8) is 0 Å². The summed E-state index contributed by atoms with van der Waals surface area (Å²) in [4.78, 5) is 7.33. The van der Waals surface area contributed by atoms with Gasteiger partial charge in [-0.05, 0) is 12.1 Å². The molecule has 84 valence electrons. The molecule has 1 aliphatic rings. The molecule has 5 heteroatoms. The molecule has 0 radical (unpaired) electrons. The SMILES string of the molecule is Fc1cccc2[nH]c(C3CNCCO3)nc12. The minimum Gasteiger partial charge on any atom is -0.368 e. The van der Waals surface area contributed by atoms with Gasteiger partial charge < -0.3 is 15.0 Å². The van der Waals surface area contributed by atoms with Gasteiger partial charge in [-0.3, -0.25) is 0 Å². The fourth-order valence-corrected chi connectivity index (χ4v) is 1.91. The summed E-state index contributed by atoms with van der Waals surface area (Å²) in [5, 5.41) is 3.21. The summed E-state index contributed by atoms with van der Waals surface area (Å²) < 4.78 is 19.0. The number of benzene rings is 1. The second kappa shape index (κ2) is 3.84. The Labute approximate surface area is 91.8 Å². The summed E-state index contributed by atoms with van der Waals surface area (Å²) in [5.41, 5.74) is 1.09. The minimum absolute atomic E-state index is 0.111. The van der Waals surface area contributed by atoms with E-state index in [4.69, 9.17) is 4.74 Å². The van der Waals surface area contributed by atoms with Crippen LogP contribution in [0.5, 0.6) is 0 Å². The van der Waals surface area contributed by atoms with Crippen LogP contribution < -0.4 is 5.32 Å². The molecule has 2 aromatic rings. The molecule has 4 nitrogen and oxygen atoms in total. The Morgan fingerprint density at radius 3 is 3.12 bits per heavy atom. The lowest BCUT2D eigenvalue weighted by Gasteiger charge is -2.21. The first kappa shape index (κ1) is 9.74. The molecule has 1 aliphatic heterocycles. The molecule has 1 aromatic heterocycles. The second-order valence-electron chi connectivity index (χ2n) is 3.82. The van der Waals surface area contributed by atoms with E-state index in [1.54, 1.807) is 6.07 Å². The van der Waals surface area contributed by atoms with Crippen molar-refractivity contribution in [2.75, 3.05) is 19.7 Å². The third-order valence-corrected chi connectivity index (χ3v) is 2.71. The molecule has 0 saturated carbocycles. The van der Waals surface area contributed by atoms with Gasteiger partial charge in [0, 0.05) is 13.1 Å². The molecule has 1 fully saturated rings. The topological polar surface area (TPSA) is 49.9 Å². The van der Waals surface area contributed by atoms with E-state index in [1.807, 2.05) is 6.07 Å². The maximum Gasteiger partial charge on any atom is 0.151 e. The molecule has 0 bridgehead atoms. The van der Waals surface area contributed by atoms with Crippen LogP contribution in [0.4, 0.5) is 4.39 Å². The van der Waals surface area contributed by atoms with Crippen LogP contribution in [-0.4, -0.2) is 29.7 Å². The van der Waals surface area contributed by atoms with Crippen molar-refractivity contribution in [2.24, 2.45) is 0 Å². The third kappa shape index (κ3) is 1.58. The van der Waals surface area contributed by atoms with E-state index in [1.165, 1.54) is 6.07 Å². The van der Waals surface area contributed by atoms with Crippen LogP contribution >= 0.6 is 0 Å². The Morgan fingerprint density at radius 2 is 2.38 bits per heavy atom. The van der Waals surface area contributed by atoms with Gasteiger partial charge >= 0.3 is 0 Å². The van der Waals surface area contributed by atoms with Gasteiger partial charge in [-0.15, -0.1) is 0 Å². The average Bonchev–Trinajstić information content (AvgIpc) is 2.76. The number of nitrogens with one attached hydrogen (secondary N) is 2. The number of fused-ring (bicyclic) bond motifs is 1. The number of morpholine rings is 1. The Bertz CT molecular complexity index is 505. The van der Waals surface area contributed by atoms with Gasteiger partial charge in [0.15, 0.2) is 5.82 Å². The lowest BCUT2D eigenvalue weighted by molar-refractivity contribution is 0.0228. The van der Waals surface area contributed by atoms with Crippen LogP contribution in [-0.2, 0) is 4.74 Å². The van der Waals surface area contributed by atoms with E-state index < -0.39 is 0 Å². The van der Waals surface area contributed by atoms with Gasteiger partial charge in [0.2, 0.25) is 0 Å². The number of aromatic amines is 1. The highest BCUT2D eigenvalue weighted by Gasteiger charge is 2.19. The Hall–Kier alpha value is -1.46. The standard InChI is InChI=1S/C11H12FN3O/c12-7-2-1-3-8-10(7)15-11(14-8)9-6-13-4-5-16-9/h1-3,9,13H,4-6H2,(H,14,15). The fraction of sp³-hybridized carbons (Fsp3) is 0.364. The van der Waals surface area contributed by atoms with Gasteiger partial charge in [0.25, 0.3) is 0 Å². The van der Waals surface area contributed by atoms with Gasteiger partial charge in [-0.2, -0.15) is 0 Å². The van der Waals surface area contributed by atoms with Crippen molar-refractivity contribution in [2.45, 2.75) is 6.10 Å². The van der Waals surface area contributed by atoms with Gasteiger partial charge in [0.1, 0.15) is 17.4 Å². The highest BCUT2D eigenvalue weighted by atomic mass is 19.1. The number of ether oxygens (including phenoxy) is 1. The maximum atomic E-state index is 13.4. The highest BCUT2D eigenvalue weighted by molar-refractivity contribution is 5.75. The summed E-state index contributed by atoms with van der Waals surface area (Å²) in [7, 11) is 0. The number of hydrogen-bond donors (Lipinski definition) is 2. The average molecular weight is 221 g/mol. The van der Waals surface area contributed by atoms with Crippen molar-refractivity contribution in [1.29, 1.82) is 0 Å². The zero-order chi connectivity index (χ0) is 11.0. The van der Waals surface area contributed by atoms with Gasteiger partial charge in [-0.25, -0.2) is 9.37 Å². The molecule has 2 N–H and O–H groups in total. The van der Waals surface area contributed by atoms with Crippen molar-refractivity contribution in [3.05, 3.63) is 29.8 Å². The summed E-state index contributed by atoms with van der Waals surface area (Å²) in [5.74, 6) is 0.385. The van der Waals surface area contributed by atoms with E-state index in [0.717, 1.165) is 6.54 Å². The predicted octanol–water partition coefficient (Wildman–Crippen LogP) is 1.36. The quantitative estimate of drug-likeness (QED) is 0.764. The summed E-state index contributed by atoms with van der Waals surface area (Å²) >= 11 is 0. The zero-order valence-corrected chi connectivity index (χ0v) is 8.66. The summed E-state index contributed by atoms with van der Waals surface area (Å²) in [6.45, 7) is 2.22. The number of para-hydroxylation sites is 1. The lowest BCUT2D eigenvalue weighted by Crippen LogP contribution is -2.33. The number of H-pyrrole nitrogens is 1.